The molecule has 92 valence electrons. The van der Waals surface area contributed by atoms with Gasteiger partial charge in [-0.15, -0.1) is 0 Å². The second kappa shape index (κ2) is 4.87. The normalized spacial score (nSPS) is 23.8. The number of halogens is 1. The highest BCUT2D eigenvalue weighted by Crippen LogP contribution is 2.26. The fraction of sp³-hybridized carbons (Fsp3) is 0.545. The van der Waals surface area contributed by atoms with Gasteiger partial charge in [-0.3, -0.25) is 4.79 Å². The number of aromatic nitrogens is 2. The standard InChI is InChI=1S/C11H14ClN3O2/c1-7-5-15(6-9(7)10(16)17-2)11-13-3-8(12)4-14-11/h3-4,7,9H,5-6H2,1-2H3. The molecule has 1 saturated heterocycles. The lowest BCUT2D eigenvalue weighted by molar-refractivity contribution is -0.145. The Kier molecular flexibility index (Phi) is 3.47. The summed E-state index contributed by atoms with van der Waals surface area (Å²) in [7, 11) is 1.41. The van der Waals surface area contributed by atoms with Crippen LogP contribution in [0.4, 0.5) is 5.95 Å². The van der Waals surface area contributed by atoms with Crippen molar-refractivity contribution in [2.45, 2.75) is 6.92 Å². The molecular formula is C11H14ClN3O2. The summed E-state index contributed by atoms with van der Waals surface area (Å²) in [6.07, 6.45) is 3.11. The molecule has 1 aromatic heterocycles. The maximum Gasteiger partial charge on any atom is 0.310 e. The molecule has 0 amide bonds. The molecule has 0 aliphatic carbocycles. The van der Waals surface area contributed by atoms with Gasteiger partial charge in [0.05, 0.1) is 30.4 Å². The SMILES string of the molecule is COC(=O)C1CN(c2ncc(Cl)cn2)CC1C. The van der Waals surface area contributed by atoms with Crippen molar-refractivity contribution in [3.05, 3.63) is 17.4 Å². The van der Waals surface area contributed by atoms with Gasteiger partial charge in [0.1, 0.15) is 0 Å². The van der Waals surface area contributed by atoms with Gasteiger partial charge in [0.2, 0.25) is 5.95 Å². The second-order valence-electron chi connectivity index (χ2n) is 4.21. The Bertz CT molecular complexity index is 410. The molecule has 1 aliphatic heterocycles. The number of methoxy groups -OCH3 is 1. The largest absolute Gasteiger partial charge is 0.469 e. The molecule has 0 bridgehead atoms. The molecule has 2 unspecified atom stereocenters. The van der Waals surface area contributed by atoms with Crippen molar-refractivity contribution in [3.63, 3.8) is 0 Å². The first kappa shape index (κ1) is 12.1. The number of anilines is 1. The Labute approximate surface area is 105 Å². The smallest absolute Gasteiger partial charge is 0.310 e. The highest BCUT2D eigenvalue weighted by Gasteiger charge is 2.36. The van der Waals surface area contributed by atoms with E-state index in [0.29, 0.717) is 17.5 Å². The summed E-state index contributed by atoms with van der Waals surface area (Å²) in [5.41, 5.74) is 0. The minimum atomic E-state index is -0.172. The summed E-state index contributed by atoms with van der Waals surface area (Å²) in [6.45, 7) is 3.37. The number of carbonyl (C=O) groups excluding carboxylic acids is 1. The highest BCUT2D eigenvalue weighted by molar-refractivity contribution is 6.30. The second-order valence-corrected chi connectivity index (χ2v) is 4.65. The number of hydrogen-bond acceptors (Lipinski definition) is 5. The van der Waals surface area contributed by atoms with Crippen LogP contribution in [0.15, 0.2) is 12.4 Å². The van der Waals surface area contributed by atoms with Crippen molar-refractivity contribution in [3.8, 4) is 0 Å². The van der Waals surface area contributed by atoms with E-state index >= 15 is 0 Å². The fourth-order valence-electron chi connectivity index (χ4n) is 2.06. The zero-order valence-electron chi connectivity index (χ0n) is 9.76. The van der Waals surface area contributed by atoms with E-state index in [1.165, 1.54) is 7.11 Å². The lowest BCUT2D eigenvalue weighted by Crippen LogP contribution is -2.25. The zero-order valence-corrected chi connectivity index (χ0v) is 10.5. The Balaban J connectivity index is 2.10. The molecule has 1 aliphatic rings. The third kappa shape index (κ3) is 2.49. The first-order valence-electron chi connectivity index (χ1n) is 5.42. The Morgan fingerprint density at radius 1 is 1.47 bits per heavy atom. The van der Waals surface area contributed by atoms with Gasteiger partial charge in [0, 0.05) is 13.1 Å². The van der Waals surface area contributed by atoms with Gasteiger partial charge in [-0.1, -0.05) is 18.5 Å². The van der Waals surface area contributed by atoms with E-state index in [0.717, 1.165) is 6.54 Å². The van der Waals surface area contributed by atoms with Crippen molar-refractivity contribution in [2.75, 3.05) is 25.1 Å². The molecule has 0 saturated carbocycles. The van der Waals surface area contributed by atoms with Crippen molar-refractivity contribution < 1.29 is 9.53 Å². The predicted octanol–water partition coefficient (Wildman–Crippen LogP) is 1.38. The highest BCUT2D eigenvalue weighted by atomic mass is 35.5. The molecule has 6 heteroatoms. The lowest BCUT2D eigenvalue weighted by Gasteiger charge is -2.15. The van der Waals surface area contributed by atoms with Gasteiger partial charge in [-0.2, -0.15) is 0 Å². The average molecular weight is 256 g/mol. The number of carbonyl (C=O) groups is 1. The number of rotatable bonds is 2. The van der Waals surface area contributed by atoms with Crippen molar-refractivity contribution in [1.29, 1.82) is 0 Å². The van der Waals surface area contributed by atoms with Crippen LogP contribution in [0.2, 0.25) is 5.02 Å². The Hall–Kier alpha value is -1.36. The molecule has 5 nitrogen and oxygen atoms in total. The number of esters is 1. The summed E-state index contributed by atoms with van der Waals surface area (Å²) in [4.78, 5) is 21.8. The number of nitrogens with zero attached hydrogens (tertiary/aromatic N) is 3. The molecule has 17 heavy (non-hydrogen) atoms. The van der Waals surface area contributed by atoms with Crippen LogP contribution in [0, 0.1) is 11.8 Å². The zero-order chi connectivity index (χ0) is 12.4. The predicted molar refractivity (Wildman–Crippen MR) is 63.9 cm³/mol. The van der Waals surface area contributed by atoms with E-state index < -0.39 is 0 Å². The molecule has 2 rings (SSSR count). The van der Waals surface area contributed by atoms with Gasteiger partial charge >= 0.3 is 5.97 Å². The van der Waals surface area contributed by atoms with E-state index in [-0.39, 0.29) is 17.8 Å². The number of hydrogen-bond donors (Lipinski definition) is 0. The molecule has 2 atom stereocenters. The summed E-state index contributed by atoms with van der Waals surface area (Å²) in [6, 6.07) is 0. The van der Waals surface area contributed by atoms with Crippen LogP contribution in [0.3, 0.4) is 0 Å². The fourth-order valence-corrected chi connectivity index (χ4v) is 2.15. The third-order valence-corrected chi connectivity index (χ3v) is 3.20. The van der Waals surface area contributed by atoms with Gasteiger partial charge < -0.3 is 9.64 Å². The van der Waals surface area contributed by atoms with Crippen LogP contribution in [-0.2, 0) is 9.53 Å². The summed E-state index contributed by atoms with van der Waals surface area (Å²) in [5.74, 6) is 0.558. The third-order valence-electron chi connectivity index (χ3n) is 3.01. The maximum atomic E-state index is 11.5. The molecule has 0 spiro atoms. The van der Waals surface area contributed by atoms with Gasteiger partial charge in [0.15, 0.2) is 0 Å². The average Bonchev–Trinajstić information content (AvgIpc) is 2.71. The molecule has 2 heterocycles. The number of ether oxygens (including phenoxy) is 1. The molecule has 1 fully saturated rings. The van der Waals surface area contributed by atoms with Crippen molar-refractivity contribution in [2.24, 2.45) is 11.8 Å². The van der Waals surface area contributed by atoms with Crippen LogP contribution in [-0.4, -0.2) is 36.1 Å². The summed E-state index contributed by atoms with van der Waals surface area (Å²) in [5, 5.41) is 0.505. The maximum absolute atomic E-state index is 11.5. The first-order chi connectivity index (χ1) is 8.11. The molecule has 0 radical (unpaired) electrons. The minimum Gasteiger partial charge on any atom is -0.469 e. The van der Waals surface area contributed by atoms with E-state index in [4.69, 9.17) is 16.3 Å². The topological polar surface area (TPSA) is 55.3 Å². The van der Waals surface area contributed by atoms with Gasteiger partial charge in [-0.05, 0) is 5.92 Å². The first-order valence-corrected chi connectivity index (χ1v) is 5.80. The summed E-state index contributed by atoms with van der Waals surface area (Å²) >= 11 is 5.73. The Morgan fingerprint density at radius 3 is 2.71 bits per heavy atom. The molecule has 0 N–H and O–H groups in total. The lowest BCUT2D eigenvalue weighted by atomic mass is 9.99. The van der Waals surface area contributed by atoms with Crippen molar-refractivity contribution >= 4 is 23.5 Å². The Morgan fingerprint density at radius 2 is 2.12 bits per heavy atom. The minimum absolute atomic E-state index is 0.112. The van der Waals surface area contributed by atoms with E-state index in [1.807, 2.05) is 11.8 Å². The quantitative estimate of drug-likeness (QED) is 0.748. The molecule has 1 aromatic rings. The molecular weight excluding hydrogens is 242 g/mol. The van der Waals surface area contributed by atoms with Crippen LogP contribution in [0.25, 0.3) is 0 Å². The van der Waals surface area contributed by atoms with Crippen LogP contribution in [0.1, 0.15) is 6.92 Å². The van der Waals surface area contributed by atoms with Gasteiger partial charge in [0.25, 0.3) is 0 Å². The summed E-state index contributed by atoms with van der Waals surface area (Å²) < 4.78 is 4.78. The van der Waals surface area contributed by atoms with E-state index in [2.05, 4.69) is 9.97 Å². The van der Waals surface area contributed by atoms with Gasteiger partial charge in [-0.25, -0.2) is 9.97 Å². The van der Waals surface area contributed by atoms with E-state index in [1.54, 1.807) is 12.4 Å². The van der Waals surface area contributed by atoms with E-state index in [9.17, 15) is 4.79 Å². The van der Waals surface area contributed by atoms with Crippen molar-refractivity contribution in [1.82, 2.24) is 9.97 Å². The monoisotopic (exact) mass is 255 g/mol. The van der Waals surface area contributed by atoms with Crippen LogP contribution in [0.5, 0.6) is 0 Å². The molecule has 0 aromatic carbocycles. The van der Waals surface area contributed by atoms with Crippen LogP contribution >= 0.6 is 11.6 Å². The van der Waals surface area contributed by atoms with Crippen LogP contribution < -0.4 is 4.90 Å².